The highest BCUT2D eigenvalue weighted by Crippen LogP contribution is 2.57. The third kappa shape index (κ3) is 4.36. The Balaban J connectivity index is 1.09. The fourth-order valence-electron chi connectivity index (χ4n) is 6.50. The van der Waals surface area contributed by atoms with Crippen molar-refractivity contribution in [1.29, 1.82) is 0 Å². The zero-order valence-corrected chi connectivity index (χ0v) is 25.3. The lowest BCUT2D eigenvalue weighted by atomic mass is 9.92. The lowest BCUT2D eigenvalue weighted by Crippen LogP contribution is -2.18. The number of hydrogen-bond acceptors (Lipinski definition) is 8. The van der Waals surface area contributed by atoms with Gasteiger partial charge in [0.05, 0.1) is 45.1 Å². The van der Waals surface area contributed by atoms with Gasteiger partial charge in [-0.1, -0.05) is 51.8 Å². The van der Waals surface area contributed by atoms with Crippen molar-refractivity contribution in [3.63, 3.8) is 0 Å². The Labute approximate surface area is 260 Å². The minimum atomic E-state index is -0.992. The third-order valence-electron chi connectivity index (χ3n) is 8.65. The Morgan fingerprint density at radius 3 is 2.56 bits per heavy atom. The molecule has 8 nitrogen and oxygen atoms in total. The first kappa shape index (κ1) is 26.8. The van der Waals surface area contributed by atoms with Crippen LogP contribution in [0.25, 0.3) is 21.5 Å². The molecule has 2 bridgehead atoms. The molecule has 0 amide bonds. The van der Waals surface area contributed by atoms with Crippen molar-refractivity contribution in [3.8, 4) is 22.8 Å². The van der Waals surface area contributed by atoms with Gasteiger partial charge in [0.25, 0.3) is 0 Å². The van der Waals surface area contributed by atoms with Gasteiger partial charge in [-0.25, -0.2) is 9.78 Å². The van der Waals surface area contributed by atoms with Crippen LogP contribution in [0.3, 0.4) is 0 Å². The molecule has 2 atom stereocenters. The maximum atomic E-state index is 11.7. The molecule has 3 aliphatic rings. The minimum Gasteiger partial charge on any atom is -0.494 e. The van der Waals surface area contributed by atoms with E-state index in [-0.39, 0.29) is 24.3 Å². The van der Waals surface area contributed by atoms with Gasteiger partial charge in [-0.15, -0.1) is 0 Å². The number of fused-ring (bicyclic) bond motifs is 6. The second-order valence-electron chi connectivity index (χ2n) is 11.2. The second-order valence-corrected chi connectivity index (χ2v) is 13.0. The lowest BCUT2D eigenvalue weighted by Gasteiger charge is -2.21. The van der Waals surface area contributed by atoms with Crippen molar-refractivity contribution >= 4 is 55.9 Å². The third-order valence-corrected chi connectivity index (χ3v) is 10.3. The van der Waals surface area contributed by atoms with Crippen molar-refractivity contribution < 1.29 is 23.9 Å². The number of nitrogens with zero attached hydrogens (tertiary/aromatic N) is 3. The van der Waals surface area contributed by atoms with Gasteiger partial charge < -0.3 is 24.0 Å². The molecule has 5 aromatic rings. The molecule has 43 heavy (non-hydrogen) atoms. The predicted octanol–water partition coefficient (Wildman–Crippen LogP) is 8.82. The SMILES string of the molecule is COc1cc(C(=O)O)cc2sc(N3C4CCC3c3cc(OCc5c(-c6c(Cl)cccc6Cl)noc5C5CC5)ccc34)nc12. The maximum Gasteiger partial charge on any atom is 0.335 e. The molecule has 2 aromatic heterocycles. The van der Waals surface area contributed by atoms with E-state index in [4.69, 9.17) is 42.2 Å². The number of methoxy groups -OCH3 is 1. The van der Waals surface area contributed by atoms with E-state index in [9.17, 15) is 9.90 Å². The summed E-state index contributed by atoms with van der Waals surface area (Å²) in [5, 5.41) is 15.8. The summed E-state index contributed by atoms with van der Waals surface area (Å²) in [7, 11) is 1.54. The van der Waals surface area contributed by atoms with Gasteiger partial charge >= 0.3 is 5.97 Å². The van der Waals surface area contributed by atoms with E-state index in [1.807, 2.05) is 12.1 Å². The first-order valence-electron chi connectivity index (χ1n) is 14.1. The molecular formula is C32H25Cl2N3O5S. The number of anilines is 1. The number of carboxylic acids is 1. The highest BCUT2D eigenvalue weighted by atomic mass is 35.5. The molecule has 1 aliphatic carbocycles. The first-order valence-corrected chi connectivity index (χ1v) is 15.7. The topological polar surface area (TPSA) is 97.9 Å². The van der Waals surface area contributed by atoms with Gasteiger partial charge in [-0.2, -0.15) is 0 Å². The summed E-state index contributed by atoms with van der Waals surface area (Å²) in [6.45, 7) is 0.284. The van der Waals surface area contributed by atoms with Crippen molar-refractivity contribution in [3.05, 3.63) is 86.6 Å². The first-order chi connectivity index (χ1) is 20.9. The summed E-state index contributed by atoms with van der Waals surface area (Å²) in [6, 6.07) is 15.3. The number of ether oxygens (including phenoxy) is 2. The minimum absolute atomic E-state index is 0.157. The van der Waals surface area contributed by atoms with Crippen LogP contribution in [-0.2, 0) is 6.61 Å². The van der Waals surface area contributed by atoms with E-state index in [0.29, 0.717) is 38.5 Å². The Morgan fingerprint density at radius 1 is 1.07 bits per heavy atom. The fraction of sp³-hybridized carbons (Fsp3) is 0.281. The van der Waals surface area contributed by atoms with E-state index < -0.39 is 5.97 Å². The summed E-state index contributed by atoms with van der Waals surface area (Å²) < 4.78 is 18.5. The van der Waals surface area contributed by atoms with Crippen LogP contribution in [0.15, 0.2) is 53.1 Å². The summed E-state index contributed by atoms with van der Waals surface area (Å²) in [5.41, 5.74) is 5.53. The van der Waals surface area contributed by atoms with Crippen molar-refractivity contribution in [2.24, 2.45) is 0 Å². The predicted molar refractivity (Wildman–Crippen MR) is 165 cm³/mol. The van der Waals surface area contributed by atoms with Gasteiger partial charge in [0.1, 0.15) is 35.1 Å². The number of thiazole rings is 1. The van der Waals surface area contributed by atoms with E-state index in [1.165, 1.54) is 35.6 Å². The van der Waals surface area contributed by atoms with E-state index in [0.717, 1.165) is 52.6 Å². The smallest absolute Gasteiger partial charge is 0.335 e. The zero-order chi connectivity index (χ0) is 29.4. The standard InChI is InChI=1S/C32H25Cl2N3O5S/c1-40-25-11-16(31(38)39)12-26-29(25)35-32(43-26)37-23-9-10-24(37)19-13-17(7-8-18(19)23)41-14-20-28(36-42-30(20)15-5-6-15)27-21(33)3-2-4-22(27)34/h2-4,7-8,11-13,15,23-24H,5-6,9-10,14H2,1H3,(H,38,39). The molecule has 2 fully saturated rings. The van der Waals surface area contributed by atoms with Gasteiger partial charge in [0, 0.05) is 11.5 Å². The summed E-state index contributed by atoms with van der Waals surface area (Å²) in [4.78, 5) is 18.9. The molecule has 1 N–H and O–H groups in total. The number of benzene rings is 3. The van der Waals surface area contributed by atoms with Gasteiger partial charge in [0.15, 0.2) is 5.13 Å². The van der Waals surface area contributed by atoms with Crippen molar-refractivity contribution in [1.82, 2.24) is 10.1 Å². The molecule has 11 heteroatoms. The lowest BCUT2D eigenvalue weighted by molar-refractivity contribution is 0.0696. The molecule has 2 aliphatic heterocycles. The van der Waals surface area contributed by atoms with Crippen molar-refractivity contribution in [2.75, 3.05) is 12.0 Å². The van der Waals surface area contributed by atoms with Crippen LogP contribution in [0, 0.1) is 0 Å². The van der Waals surface area contributed by atoms with E-state index in [1.54, 1.807) is 18.2 Å². The second kappa shape index (κ2) is 10.1. The van der Waals surface area contributed by atoms with Crippen LogP contribution in [0.1, 0.15) is 76.5 Å². The number of aromatic carboxylic acids is 1. The van der Waals surface area contributed by atoms with E-state index in [2.05, 4.69) is 22.2 Å². The molecule has 1 saturated heterocycles. The monoisotopic (exact) mass is 633 g/mol. The number of aromatic nitrogens is 2. The quantitative estimate of drug-likeness (QED) is 0.181. The van der Waals surface area contributed by atoms with Gasteiger partial charge in [-0.05, 0) is 73.2 Å². The largest absolute Gasteiger partial charge is 0.494 e. The number of carboxylic acid groups (broad SMARTS) is 1. The number of halogens is 2. The highest BCUT2D eigenvalue weighted by molar-refractivity contribution is 7.22. The molecule has 218 valence electrons. The molecular weight excluding hydrogens is 609 g/mol. The number of rotatable bonds is 8. The van der Waals surface area contributed by atoms with Crippen LogP contribution in [0.5, 0.6) is 11.5 Å². The Morgan fingerprint density at radius 2 is 1.84 bits per heavy atom. The fourth-order valence-corrected chi connectivity index (χ4v) is 8.20. The number of carbonyl (C=O) groups is 1. The molecule has 8 rings (SSSR count). The Bertz CT molecular complexity index is 1910. The summed E-state index contributed by atoms with van der Waals surface area (Å²) in [6.07, 6.45) is 4.15. The average molecular weight is 635 g/mol. The molecule has 3 aromatic carbocycles. The number of hydrogen-bond donors (Lipinski definition) is 1. The van der Waals surface area contributed by atoms with Crippen LogP contribution in [0.2, 0.25) is 10.0 Å². The Hall–Kier alpha value is -3.79. The molecule has 2 unspecified atom stereocenters. The molecule has 1 saturated carbocycles. The average Bonchev–Trinajstić information content (AvgIpc) is 3.32. The maximum absolute atomic E-state index is 11.7. The van der Waals surface area contributed by atoms with Crippen LogP contribution >= 0.6 is 34.5 Å². The zero-order valence-electron chi connectivity index (χ0n) is 23.0. The Kier molecular flexibility index (Phi) is 6.33. The van der Waals surface area contributed by atoms with Crippen LogP contribution in [0.4, 0.5) is 5.13 Å². The van der Waals surface area contributed by atoms with E-state index >= 15 is 0 Å². The summed E-state index contributed by atoms with van der Waals surface area (Å²) in [5.74, 6) is 1.42. The van der Waals surface area contributed by atoms with Crippen LogP contribution in [-0.4, -0.2) is 28.3 Å². The normalized spacial score (nSPS) is 18.8. The summed E-state index contributed by atoms with van der Waals surface area (Å²) >= 11 is 14.6. The van der Waals surface area contributed by atoms with Crippen LogP contribution < -0.4 is 14.4 Å². The van der Waals surface area contributed by atoms with Gasteiger partial charge in [0.2, 0.25) is 0 Å². The molecule has 0 spiro atoms. The molecule has 0 radical (unpaired) electrons. The highest BCUT2D eigenvalue weighted by Gasteiger charge is 2.45. The van der Waals surface area contributed by atoms with Crippen molar-refractivity contribution in [2.45, 2.75) is 50.3 Å². The van der Waals surface area contributed by atoms with Gasteiger partial charge in [-0.3, -0.25) is 0 Å². The molecule has 4 heterocycles.